The topological polar surface area (TPSA) is 69.2 Å². The number of aryl methyl sites for hydroxylation is 1. The van der Waals surface area contributed by atoms with Crippen molar-refractivity contribution >= 4 is 5.91 Å². The molecule has 2 N–H and O–H groups in total. The van der Waals surface area contributed by atoms with Gasteiger partial charge in [-0.05, 0) is 18.9 Å². The second kappa shape index (κ2) is 3.42. The summed E-state index contributed by atoms with van der Waals surface area (Å²) in [5, 5.41) is 15.8. The molecular weight excluding hydrogens is 182 g/mol. The minimum absolute atomic E-state index is 0.0726. The summed E-state index contributed by atoms with van der Waals surface area (Å²) in [6.07, 6.45) is 1.92. The van der Waals surface area contributed by atoms with Crippen LogP contribution < -0.4 is 0 Å². The van der Waals surface area contributed by atoms with Crippen LogP contribution in [-0.2, 0) is 0 Å². The fourth-order valence-electron chi connectivity index (χ4n) is 1.65. The fourth-order valence-corrected chi connectivity index (χ4v) is 1.65. The van der Waals surface area contributed by atoms with Crippen LogP contribution >= 0.6 is 0 Å². The van der Waals surface area contributed by atoms with Crippen molar-refractivity contribution in [1.82, 2.24) is 15.1 Å². The Balaban J connectivity index is 2.13. The number of likely N-dealkylation sites (tertiary alicyclic amines) is 1. The molecule has 1 aliphatic rings. The van der Waals surface area contributed by atoms with Gasteiger partial charge in [0.05, 0.1) is 12.3 Å². The molecule has 5 nitrogen and oxygen atoms in total. The number of nitrogens with zero attached hydrogens (tertiary/aromatic N) is 2. The van der Waals surface area contributed by atoms with Gasteiger partial charge in [-0.2, -0.15) is 5.10 Å². The first-order valence-corrected chi connectivity index (χ1v) is 4.66. The first kappa shape index (κ1) is 9.21. The number of aromatic amines is 1. The Hall–Kier alpha value is -1.36. The summed E-state index contributed by atoms with van der Waals surface area (Å²) in [6.45, 7) is 2.89. The molecule has 14 heavy (non-hydrogen) atoms. The number of carbonyl (C=O) groups is 1. The van der Waals surface area contributed by atoms with Gasteiger partial charge in [0.25, 0.3) is 5.91 Å². The van der Waals surface area contributed by atoms with Crippen molar-refractivity contribution in [2.75, 3.05) is 13.1 Å². The fraction of sp³-hybridized carbons (Fsp3) is 0.556. The number of aliphatic hydroxyl groups is 1. The van der Waals surface area contributed by atoms with Crippen LogP contribution in [0, 0.1) is 6.92 Å². The van der Waals surface area contributed by atoms with Crippen LogP contribution in [0.1, 0.15) is 22.5 Å². The third-order valence-electron chi connectivity index (χ3n) is 2.49. The van der Waals surface area contributed by atoms with E-state index in [9.17, 15) is 9.90 Å². The lowest BCUT2D eigenvalue weighted by Gasteiger charge is -2.14. The third kappa shape index (κ3) is 1.50. The molecule has 1 aliphatic heterocycles. The zero-order valence-corrected chi connectivity index (χ0v) is 8.03. The number of hydrogen-bond acceptors (Lipinski definition) is 3. The van der Waals surface area contributed by atoms with Gasteiger partial charge in [0, 0.05) is 13.1 Å². The van der Waals surface area contributed by atoms with Crippen molar-refractivity contribution < 1.29 is 9.90 Å². The van der Waals surface area contributed by atoms with Crippen molar-refractivity contribution in [3.63, 3.8) is 0 Å². The van der Waals surface area contributed by atoms with E-state index in [1.165, 1.54) is 0 Å². The summed E-state index contributed by atoms with van der Waals surface area (Å²) >= 11 is 0. The van der Waals surface area contributed by atoms with E-state index in [-0.39, 0.29) is 12.0 Å². The van der Waals surface area contributed by atoms with E-state index < -0.39 is 0 Å². The van der Waals surface area contributed by atoms with E-state index in [0.717, 1.165) is 5.56 Å². The molecule has 1 aromatic rings. The monoisotopic (exact) mass is 195 g/mol. The number of aliphatic hydroxyl groups excluding tert-OH is 1. The van der Waals surface area contributed by atoms with Gasteiger partial charge in [0.2, 0.25) is 0 Å². The van der Waals surface area contributed by atoms with E-state index in [4.69, 9.17) is 0 Å². The predicted molar refractivity (Wildman–Crippen MR) is 49.9 cm³/mol. The summed E-state index contributed by atoms with van der Waals surface area (Å²) in [7, 11) is 0. The standard InChI is InChI=1S/C9H13N3O2/c1-6-4-10-11-8(6)9(14)12-3-2-7(13)5-12/h4,7,13H,2-3,5H2,1H3,(H,10,11). The average Bonchev–Trinajstić information content (AvgIpc) is 2.73. The molecule has 2 heterocycles. The van der Waals surface area contributed by atoms with Gasteiger partial charge >= 0.3 is 0 Å². The van der Waals surface area contributed by atoms with Gasteiger partial charge in [-0.1, -0.05) is 0 Å². The molecular formula is C9H13N3O2. The number of amides is 1. The smallest absolute Gasteiger partial charge is 0.272 e. The average molecular weight is 195 g/mol. The Bertz CT molecular complexity index is 348. The van der Waals surface area contributed by atoms with Crippen molar-refractivity contribution in [3.05, 3.63) is 17.5 Å². The lowest BCUT2D eigenvalue weighted by molar-refractivity contribution is 0.0758. The highest BCUT2D eigenvalue weighted by molar-refractivity contribution is 5.93. The summed E-state index contributed by atoms with van der Waals surface area (Å²) in [5.74, 6) is -0.0726. The maximum absolute atomic E-state index is 11.8. The zero-order chi connectivity index (χ0) is 10.1. The van der Waals surface area contributed by atoms with Crippen LogP contribution in [0.15, 0.2) is 6.20 Å². The molecule has 0 radical (unpaired) electrons. The number of β-amino-alcohol motifs (C(OH)–C–C–N with tert-alkyl or cyclic N) is 1. The molecule has 1 atom stereocenters. The lowest BCUT2D eigenvalue weighted by Crippen LogP contribution is -2.30. The van der Waals surface area contributed by atoms with Crippen LogP contribution in [-0.4, -0.2) is 45.3 Å². The third-order valence-corrected chi connectivity index (χ3v) is 2.49. The van der Waals surface area contributed by atoms with Crippen LogP contribution in [0.3, 0.4) is 0 Å². The number of aromatic nitrogens is 2. The van der Waals surface area contributed by atoms with Gasteiger partial charge in [-0.15, -0.1) is 0 Å². The normalized spacial score (nSPS) is 21.6. The van der Waals surface area contributed by atoms with Gasteiger partial charge in [-0.25, -0.2) is 0 Å². The molecule has 0 spiro atoms. The molecule has 1 amide bonds. The van der Waals surface area contributed by atoms with Gasteiger partial charge < -0.3 is 10.0 Å². The Morgan fingerprint density at radius 2 is 2.57 bits per heavy atom. The summed E-state index contributed by atoms with van der Waals surface area (Å²) in [5.41, 5.74) is 1.37. The maximum atomic E-state index is 11.8. The highest BCUT2D eigenvalue weighted by atomic mass is 16.3. The van der Waals surface area contributed by atoms with Gasteiger partial charge in [0.15, 0.2) is 0 Å². The van der Waals surface area contributed by atoms with Crippen LogP contribution in [0.4, 0.5) is 0 Å². The first-order valence-electron chi connectivity index (χ1n) is 4.66. The Morgan fingerprint density at radius 3 is 3.07 bits per heavy atom. The molecule has 1 fully saturated rings. The predicted octanol–water partition coefficient (Wildman–Crippen LogP) is -0.0751. The number of H-pyrrole nitrogens is 1. The van der Waals surface area contributed by atoms with Gasteiger partial charge in [-0.3, -0.25) is 9.89 Å². The first-order chi connectivity index (χ1) is 6.68. The van der Waals surface area contributed by atoms with E-state index >= 15 is 0 Å². The molecule has 0 aromatic carbocycles. The molecule has 0 aliphatic carbocycles. The lowest BCUT2D eigenvalue weighted by atomic mass is 10.2. The van der Waals surface area contributed by atoms with Crippen molar-refractivity contribution in [1.29, 1.82) is 0 Å². The molecule has 1 saturated heterocycles. The zero-order valence-electron chi connectivity index (χ0n) is 8.03. The van der Waals surface area contributed by atoms with E-state index in [1.54, 1.807) is 11.1 Å². The summed E-state index contributed by atoms with van der Waals surface area (Å²) < 4.78 is 0. The number of carbonyl (C=O) groups excluding carboxylic acids is 1. The van der Waals surface area contributed by atoms with Crippen LogP contribution in [0.5, 0.6) is 0 Å². The maximum Gasteiger partial charge on any atom is 0.272 e. The second-order valence-corrected chi connectivity index (χ2v) is 3.62. The van der Waals surface area contributed by atoms with Crippen molar-refractivity contribution in [2.24, 2.45) is 0 Å². The largest absolute Gasteiger partial charge is 0.391 e. The Labute approximate surface area is 81.7 Å². The van der Waals surface area contributed by atoms with Crippen molar-refractivity contribution in [3.8, 4) is 0 Å². The van der Waals surface area contributed by atoms with Crippen LogP contribution in [0.2, 0.25) is 0 Å². The van der Waals surface area contributed by atoms with Crippen LogP contribution in [0.25, 0.3) is 0 Å². The summed E-state index contributed by atoms with van der Waals surface area (Å²) in [6, 6.07) is 0. The highest BCUT2D eigenvalue weighted by Crippen LogP contribution is 2.13. The number of hydrogen-bond donors (Lipinski definition) is 2. The van der Waals surface area contributed by atoms with E-state index in [1.807, 2.05) is 6.92 Å². The Kier molecular flexibility index (Phi) is 2.25. The molecule has 0 bridgehead atoms. The molecule has 2 rings (SSSR count). The molecule has 76 valence electrons. The molecule has 1 unspecified atom stereocenters. The van der Waals surface area contributed by atoms with Crippen molar-refractivity contribution in [2.45, 2.75) is 19.4 Å². The minimum atomic E-state index is -0.373. The minimum Gasteiger partial charge on any atom is -0.391 e. The Morgan fingerprint density at radius 1 is 1.79 bits per heavy atom. The SMILES string of the molecule is Cc1cn[nH]c1C(=O)N1CCC(O)C1. The van der Waals surface area contributed by atoms with E-state index in [0.29, 0.717) is 25.2 Å². The summed E-state index contributed by atoms with van der Waals surface area (Å²) in [4.78, 5) is 13.5. The molecule has 0 saturated carbocycles. The number of rotatable bonds is 1. The molecule has 1 aromatic heterocycles. The highest BCUT2D eigenvalue weighted by Gasteiger charge is 2.26. The van der Waals surface area contributed by atoms with E-state index in [2.05, 4.69) is 10.2 Å². The second-order valence-electron chi connectivity index (χ2n) is 3.62. The number of nitrogens with one attached hydrogen (secondary N) is 1. The molecule has 5 heteroatoms. The quantitative estimate of drug-likeness (QED) is 0.658. The van der Waals surface area contributed by atoms with Gasteiger partial charge in [0.1, 0.15) is 5.69 Å².